The summed E-state index contributed by atoms with van der Waals surface area (Å²) in [5, 5.41) is 9.45. The number of fused-ring (bicyclic) bond motifs is 4. The predicted molar refractivity (Wildman–Crippen MR) is 64.1 cm³/mol. The lowest BCUT2D eigenvalue weighted by molar-refractivity contribution is -0.0640. The van der Waals surface area contributed by atoms with Gasteiger partial charge in [0.25, 0.3) is 0 Å². The molecule has 17 heavy (non-hydrogen) atoms. The van der Waals surface area contributed by atoms with Crippen LogP contribution < -0.4 is 4.74 Å². The molecule has 92 valence electrons. The van der Waals surface area contributed by atoms with Crippen LogP contribution in [0.1, 0.15) is 30.6 Å². The van der Waals surface area contributed by atoms with Gasteiger partial charge in [0, 0.05) is 18.9 Å². The summed E-state index contributed by atoms with van der Waals surface area (Å²) in [6, 6.07) is 6.20. The number of hydrogen-bond acceptors (Lipinski definition) is 3. The summed E-state index contributed by atoms with van der Waals surface area (Å²) in [6.07, 6.45) is 1.91. The molecule has 1 N–H and O–H groups in total. The Morgan fingerprint density at radius 3 is 3.06 bits per heavy atom. The average molecular weight is 234 g/mol. The monoisotopic (exact) mass is 234 g/mol. The van der Waals surface area contributed by atoms with E-state index >= 15 is 0 Å². The van der Waals surface area contributed by atoms with Crippen molar-refractivity contribution in [3.05, 3.63) is 29.3 Å². The molecule has 1 fully saturated rings. The van der Waals surface area contributed by atoms with Crippen molar-refractivity contribution in [1.29, 1.82) is 0 Å². The first-order valence-electron chi connectivity index (χ1n) is 6.12. The van der Waals surface area contributed by atoms with E-state index in [1.807, 2.05) is 6.07 Å². The van der Waals surface area contributed by atoms with Crippen LogP contribution >= 0.6 is 0 Å². The van der Waals surface area contributed by atoms with E-state index < -0.39 is 0 Å². The predicted octanol–water partition coefficient (Wildman–Crippen LogP) is 2.08. The highest BCUT2D eigenvalue weighted by atomic mass is 16.5. The molecular formula is C14H18O3. The highest BCUT2D eigenvalue weighted by molar-refractivity contribution is 5.41. The second kappa shape index (κ2) is 3.72. The number of aliphatic hydroxyl groups excluding tert-OH is 1. The van der Waals surface area contributed by atoms with Crippen LogP contribution in [0.5, 0.6) is 5.75 Å². The zero-order valence-corrected chi connectivity index (χ0v) is 10.3. The molecule has 1 aromatic carbocycles. The summed E-state index contributed by atoms with van der Waals surface area (Å²) in [7, 11) is 1.68. The maximum atomic E-state index is 9.45. The molecule has 0 amide bonds. The largest absolute Gasteiger partial charge is 0.497 e. The highest BCUT2D eigenvalue weighted by Crippen LogP contribution is 2.50. The third-order valence-electron chi connectivity index (χ3n) is 4.24. The lowest BCUT2D eigenvalue weighted by Crippen LogP contribution is -2.38. The molecule has 0 saturated carbocycles. The number of aliphatic hydroxyl groups is 1. The summed E-state index contributed by atoms with van der Waals surface area (Å²) >= 11 is 0. The first kappa shape index (κ1) is 11.1. The van der Waals surface area contributed by atoms with Gasteiger partial charge in [-0.2, -0.15) is 0 Å². The van der Waals surface area contributed by atoms with Crippen LogP contribution in [0.2, 0.25) is 0 Å². The van der Waals surface area contributed by atoms with E-state index in [4.69, 9.17) is 9.47 Å². The molecule has 0 radical (unpaired) electrons. The van der Waals surface area contributed by atoms with Crippen LogP contribution in [0.25, 0.3) is 0 Å². The van der Waals surface area contributed by atoms with E-state index in [0.717, 1.165) is 18.6 Å². The second-order valence-corrected chi connectivity index (χ2v) is 5.28. The molecule has 3 unspecified atom stereocenters. The van der Waals surface area contributed by atoms with Crippen molar-refractivity contribution < 1.29 is 14.6 Å². The van der Waals surface area contributed by atoms with Crippen molar-refractivity contribution in [2.45, 2.75) is 31.5 Å². The SMILES string of the molecule is COc1ccc2c(c1)C1CC(CO)C(C)(C2)O1. The standard InChI is InChI=1S/C14H18O3/c1-14-7-9-3-4-11(16-2)6-12(9)13(17-14)5-10(14)8-15/h3-4,6,10,13,15H,5,7-8H2,1-2H3. The molecule has 1 saturated heterocycles. The Hall–Kier alpha value is -1.06. The normalized spacial score (nSPS) is 34.5. The van der Waals surface area contributed by atoms with Crippen molar-refractivity contribution in [3.8, 4) is 5.75 Å². The average Bonchev–Trinajstić information content (AvgIpc) is 2.61. The van der Waals surface area contributed by atoms with Crippen LogP contribution in [-0.4, -0.2) is 24.4 Å². The molecule has 3 rings (SSSR count). The van der Waals surface area contributed by atoms with E-state index in [-0.39, 0.29) is 24.2 Å². The summed E-state index contributed by atoms with van der Waals surface area (Å²) in [5.41, 5.74) is 2.37. The number of methoxy groups -OCH3 is 1. The van der Waals surface area contributed by atoms with Gasteiger partial charge in [0.2, 0.25) is 0 Å². The van der Waals surface area contributed by atoms with Gasteiger partial charge in [-0.1, -0.05) is 6.07 Å². The Kier molecular flexibility index (Phi) is 2.42. The first-order chi connectivity index (χ1) is 8.16. The third kappa shape index (κ3) is 1.57. The van der Waals surface area contributed by atoms with Gasteiger partial charge in [0.1, 0.15) is 5.75 Å². The molecule has 0 spiro atoms. The Morgan fingerprint density at radius 2 is 2.35 bits per heavy atom. The zero-order chi connectivity index (χ0) is 12.0. The minimum atomic E-state index is -0.193. The Bertz CT molecular complexity index is 443. The second-order valence-electron chi connectivity index (χ2n) is 5.28. The molecule has 0 aromatic heterocycles. The molecule has 3 heteroatoms. The Morgan fingerprint density at radius 1 is 1.53 bits per heavy atom. The van der Waals surface area contributed by atoms with Crippen molar-refractivity contribution in [1.82, 2.24) is 0 Å². The van der Waals surface area contributed by atoms with Crippen molar-refractivity contribution in [3.63, 3.8) is 0 Å². The number of rotatable bonds is 2. The van der Waals surface area contributed by atoms with Crippen LogP contribution in [0, 0.1) is 5.92 Å². The van der Waals surface area contributed by atoms with Crippen LogP contribution in [-0.2, 0) is 11.2 Å². The highest BCUT2D eigenvalue weighted by Gasteiger charge is 2.49. The molecule has 3 nitrogen and oxygen atoms in total. The maximum Gasteiger partial charge on any atom is 0.119 e. The Balaban J connectivity index is 2.02. The van der Waals surface area contributed by atoms with E-state index in [1.54, 1.807) is 7.11 Å². The fourth-order valence-electron chi connectivity index (χ4n) is 3.16. The molecule has 2 aliphatic rings. The van der Waals surface area contributed by atoms with Crippen molar-refractivity contribution in [2.75, 3.05) is 13.7 Å². The summed E-state index contributed by atoms with van der Waals surface area (Å²) in [6.45, 7) is 2.32. The molecule has 3 atom stereocenters. The van der Waals surface area contributed by atoms with Gasteiger partial charge >= 0.3 is 0 Å². The summed E-state index contributed by atoms with van der Waals surface area (Å²) in [4.78, 5) is 0. The first-order valence-corrected chi connectivity index (χ1v) is 6.12. The summed E-state index contributed by atoms with van der Waals surface area (Å²) < 4.78 is 11.4. The summed E-state index contributed by atoms with van der Waals surface area (Å²) in [5.74, 6) is 1.12. The van der Waals surface area contributed by atoms with Crippen LogP contribution in [0.4, 0.5) is 0 Å². The van der Waals surface area contributed by atoms with Gasteiger partial charge in [-0.3, -0.25) is 0 Å². The van der Waals surface area contributed by atoms with Crippen LogP contribution in [0.3, 0.4) is 0 Å². The van der Waals surface area contributed by atoms with Gasteiger partial charge in [-0.15, -0.1) is 0 Å². The van der Waals surface area contributed by atoms with Gasteiger partial charge < -0.3 is 14.6 Å². The fraction of sp³-hybridized carbons (Fsp3) is 0.571. The maximum absolute atomic E-state index is 9.45. The molecule has 2 heterocycles. The molecule has 0 aliphatic carbocycles. The minimum absolute atomic E-state index is 0.121. The zero-order valence-electron chi connectivity index (χ0n) is 10.3. The molecule has 1 aromatic rings. The fourth-order valence-corrected chi connectivity index (χ4v) is 3.16. The number of hydrogen-bond donors (Lipinski definition) is 1. The van der Waals surface area contributed by atoms with Crippen molar-refractivity contribution in [2.24, 2.45) is 5.92 Å². The molecule has 2 aliphatic heterocycles. The van der Waals surface area contributed by atoms with Gasteiger partial charge in [0.15, 0.2) is 0 Å². The minimum Gasteiger partial charge on any atom is -0.497 e. The van der Waals surface area contributed by atoms with E-state index in [0.29, 0.717) is 0 Å². The topological polar surface area (TPSA) is 38.7 Å². The number of benzene rings is 1. The lowest BCUT2D eigenvalue weighted by Gasteiger charge is -2.34. The van der Waals surface area contributed by atoms with Gasteiger partial charge in [0.05, 0.1) is 18.8 Å². The molecule has 2 bridgehead atoms. The quantitative estimate of drug-likeness (QED) is 0.851. The lowest BCUT2D eigenvalue weighted by atomic mass is 9.85. The Labute approximate surface area is 101 Å². The van der Waals surface area contributed by atoms with E-state index in [9.17, 15) is 5.11 Å². The number of ether oxygens (including phenoxy) is 2. The smallest absolute Gasteiger partial charge is 0.119 e. The van der Waals surface area contributed by atoms with Gasteiger partial charge in [-0.05, 0) is 36.6 Å². The van der Waals surface area contributed by atoms with Gasteiger partial charge in [-0.25, -0.2) is 0 Å². The van der Waals surface area contributed by atoms with E-state index in [1.165, 1.54) is 11.1 Å². The molecular weight excluding hydrogens is 216 g/mol. The van der Waals surface area contributed by atoms with Crippen LogP contribution in [0.15, 0.2) is 18.2 Å². The van der Waals surface area contributed by atoms with Crippen molar-refractivity contribution >= 4 is 0 Å². The van der Waals surface area contributed by atoms with E-state index in [2.05, 4.69) is 19.1 Å². The third-order valence-corrected chi connectivity index (χ3v) is 4.24.